The lowest BCUT2D eigenvalue weighted by Gasteiger charge is -2.23. The smallest absolute Gasteiger partial charge is 0.413 e. The van der Waals surface area contributed by atoms with E-state index in [1.807, 2.05) is 24.1 Å². The van der Waals surface area contributed by atoms with Gasteiger partial charge in [0, 0.05) is 7.05 Å². The summed E-state index contributed by atoms with van der Waals surface area (Å²) in [6.45, 7) is 0.521. The highest BCUT2D eigenvalue weighted by Crippen LogP contribution is 2.24. The van der Waals surface area contributed by atoms with E-state index < -0.39 is 6.09 Å². The van der Waals surface area contributed by atoms with Gasteiger partial charge in [-0.1, -0.05) is 12.1 Å². The van der Waals surface area contributed by atoms with Gasteiger partial charge in [-0.25, -0.2) is 9.59 Å². The first-order valence-electron chi connectivity index (χ1n) is 6.37. The van der Waals surface area contributed by atoms with E-state index in [0.717, 1.165) is 5.56 Å². The first-order valence-corrected chi connectivity index (χ1v) is 6.37. The van der Waals surface area contributed by atoms with Crippen LogP contribution in [0.4, 0.5) is 4.79 Å². The second kappa shape index (κ2) is 6.25. The number of esters is 1. The van der Waals surface area contributed by atoms with Crippen molar-refractivity contribution in [1.82, 2.24) is 10.2 Å². The summed E-state index contributed by atoms with van der Waals surface area (Å²) < 4.78 is 9.21. The maximum Gasteiger partial charge on any atom is 0.413 e. The van der Waals surface area contributed by atoms with Crippen LogP contribution in [0.2, 0.25) is 0 Å². The number of nitrogens with one attached hydrogen (secondary N) is 1. The summed E-state index contributed by atoms with van der Waals surface area (Å²) in [5.41, 5.74) is 1.49. The largest absolute Gasteiger partial charge is 0.465 e. The van der Waals surface area contributed by atoms with Crippen LogP contribution in [-0.2, 0) is 9.47 Å². The highest BCUT2D eigenvalue weighted by molar-refractivity contribution is 5.95. The SMILES string of the molecule is COC(=O)NC1=NCC(c2ccc(C(=O)OC)cc2)N1C. The molecular formula is C14H17N3O4. The Kier molecular flexibility index (Phi) is 4.42. The Bertz CT molecular complexity index is 568. The summed E-state index contributed by atoms with van der Waals surface area (Å²) in [5, 5.41) is 2.56. The van der Waals surface area contributed by atoms with Crippen molar-refractivity contribution in [2.45, 2.75) is 6.04 Å². The number of hydrogen-bond acceptors (Lipinski definition) is 6. The van der Waals surface area contributed by atoms with Gasteiger partial charge in [0.25, 0.3) is 0 Å². The molecule has 0 bridgehead atoms. The molecule has 112 valence electrons. The van der Waals surface area contributed by atoms with Crippen LogP contribution in [-0.4, -0.2) is 50.7 Å². The van der Waals surface area contributed by atoms with Crippen LogP contribution in [0.25, 0.3) is 0 Å². The maximum absolute atomic E-state index is 11.4. The number of nitrogens with zero attached hydrogens (tertiary/aromatic N) is 2. The Morgan fingerprint density at radius 1 is 1.24 bits per heavy atom. The Morgan fingerprint density at radius 3 is 2.48 bits per heavy atom. The molecule has 21 heavy (non-hydrogen) atoms. The van der Waals surface area contributed by atoms with E-state index in [1.54, 1.807) is 12.1 Å². The molecule has 1 heterocycles. The van der Waals surface area contributed by atoms with E-state index in [-0.39, 0.29) is 12.0 Å². The van der Waals surface area contributed by atoms with Crippen molar-refractivity contribution in [3.8, 4) is 0 Å². The quantitative estimate of drug-likeness (QED) is 0.827. The van der Waals surface area contributed by atoms with Crippen molar-refractivity contribution in [3.63, 3.8) is 0 Å². The highest BCUT2D eigenvalue weighted by atomic mass is 16.5. The lowest BCUT2D eigenvalue weighted by Crippen LogP contribution is -2.40. The molecule has 1 aliphatic heterocycles. The Labute approximate surface area is 122 Å². The molecule has 0 radical (unpaired) electrons. The van der Waals surface area contributed by atoms with Gasteiger partial charge in [-0.15, -0.1) is 0 Å². The number of rotatable bonds is 2. The molecule has 1 unspecified atom stereocenters. The maximum atomic E-state index is 11.4. The number of alkyl carbamates (subject to hydrolysis) is 1. The molecule has 0 spiro atoms. The molecule has 0 fully saturated rings. The number of carbonyl (C=O) groups is 2. The van der Waals surface area contributed by atoms with Gasteiger partial charge in [-0.2, -0.15) is 0 Å². The lowest BCUT2D eigenvalue weighted by atomic mass is 10.0. The van der Waals surface area contributed by atoms with Crippen molar-refractivity contribution in [2.24, 2.45) is 4.99 Å². The normalized spacial score (nSPS) is 17.2. The zero-order valence-corrected chi connectivity index (χ0v) is 12.1. The minimum atomic E-state index is -0.553. The second-order valence-corrected chi connectivity index (χ2v) is 4.52. The van der Waals surface area contributed by atoms with Gasteiger partial charge in [0.1, 0.15) is 0 Å². The van der Waals surface area contributed by atoms with Crippen LogP contribution in [0.1, 0.15) is 22.0 Å². The van der Waals surface area contributed by atoms with Gasteiger partial charge in [0.2, 0.25) is 5.96 Å². The number of benzene rings is 1. The van der Waals surface area contributed by atoms with Crippen LogP contribution in [0.5, 0.6) is 0 Å². The van der Waals surface area contributed by atoms with Crippen molar-refractivity contribution in [3.05, 3.63) is 35.4 Å². The van der Waals surface area contributed by atoms with Gasteiger partial charge in [-0.3, -0.25) is 10.3 Å². The molecule has 0 aliphatic carbocycles. The zero-order valence-electron chi connectivity index (χ0n) is 12.1. The molecule has 0 saturated carbocycles. The molecule has 2 rings (SSSR count). The minimum absolute atomic E-state index is 0.00357. The fourth-order valence-electron chi connectivity index (χ4n) is 2.11. The van der Waals surface area contributed by atoms with Crippen LogP contribution in [0, 0.1) is 0 Å². The number of aliphatic imine (C=N–C) groups is 1. The van der Waals surface area contributed by atoms with Crippen molar-refractivity contribution >= 4 is 18.0 Å². The number of amides is 1. The molecule has 1 aliphatic rings. The number of guanidine groups is 1. The first-order chi connectivity index (χ1) is 10.1. The summed E-state index contributed by atoms with van der Waals surface area (Å²) in [4.78, 5) is 28.7. The average molecular weight is 291 g/mol. The zero-order chi connectivity index (χ0) is 15.4. The topological polar surface area (TPSA) is 80.2 Å². The van der Waals surface area contributed by atoms with Gasteiger partial charge < -0.3 is 14.4 Å². The van der Waals surface area contributed by atoms with Gasteiger partial charge in [0.15, 0.2) is 0 Å². The van der Waals surface area contributed by atoms with Crippen LogP contribution < -0.4 is 5.32 Å². The fraction of sp³-hybridized carbons (Fsp3) is 0.357. The molecule has 1 atom stereocenters. The number of hydrogen-bond donors (Lipinski definition) is 1. The summed E-state index contributed by atoms with van der Waals surface area (Å²) in [6.07, 6.45) is -0.553. The Balaban J connectivity index is 2.07. The van der Waals surface area contributed by atoms with E-state index >= 15 is 0 Å². The van der Waals surface area contributed by atoms with Crippen molar-refractivity contribution in [1.29, 1.82) is 0 Å². The average Bonchev–Trinajstić information content (AvgIpc) is 2.87. The predicted octanol–water partition coefficient (Wildman–Crippen LogP) is 1.17. The molecule has 0 aromatic heterocycles. The van der Waals surface area contributed by atoms with E-state index in [0.29, 0.717) is 18.1 Å². The summed E-state index contributed by atoms with van der Waals surface area (Å²) in [5.74, 6) is 0.0921. The third-order valence-electron chi connectivity index (χ3n) is 3.33. The third kappa shape index (κ3) is 3.13. The highest BCUT2D eigenvalue weighted by Gasteiger charge is 2.27. The number of likely N-dealkylation sites (N-methyl/N-ethyl adjacent to an activating group) is 1. The molecular weight excluding hydrogens is 274 g/mol. The predicted molar refractivity (Wildman–Crippen MR) is 76.1 cm³/mol. The first kappa shape index (κ1) is 14.8. The number of ether oxygens (including phenoxy) is 2. The molecule has 1 aromatic carbocycles. The second-order valence-electron chi connectivity index (χ2n) is 4.52. The van der Waals surface area contributed by atoms with E-state index in [2.05, 4.69) is 19.8 Å². The van der Waals surface area contributed by atoms with E-state index in [4.69, 9.17) is 0 Å². The third-order valence-corrected chi connectivity index (χ3v) is 3.33. The molecule has 1 amide bonds. The molecule has 7 nitrogen and oxygen atoms in total. The van der Waals surface area contributed by atoms with E-state index in [1.165, 1.54) is 14.2 Å². The number of methoxy groups -OCH3 is 2. The lowest BCUT2D eigenvalue weighted by molar-refractivity contribution is 0.0600. The van der Waals surface area contributed by atoms with Crippen LogP contribution in [0.3, 0.4) is 0 Å². The minimum Gasteiger partial charge on any atom is -0.465 e. The van der Waals surface area contributed by atoms with Gasteiger partial charge in [0.05, 0.1) is 32.4 Å². The van der Waals surface area contributed by atoms with E-state index in [9.17, 15) is 9.59 Å². The summed E-state index contributed by atoms with van der Waals surface area (Å²) in [6, 6.07) is 7.12. The monoisotopic (exact) mass is 291 g/mol. The molecule has 0 saturated heterocycles. The fourth-order valence-corrected chi connectivity index (χ4v) is 2.11. The van der Waals surface area contributed by atoms with Crippen LogP contribution >= 0.6 is 0 Å². The van der Waals surface area contributed by atoms with Gasteiger partial charge in [-0.05, 0) is 17.7 Å². The Morgan fingerprint density at radius 2 is 1.90 bits per heavy atom. The molecule has 7 heteroatoms. The number of carbonyl (C=O) groups excluding carboxylic acids is 2. The van der Waals surface area contributed by atoms with Crippen LogP contribution in [0.15, 0.2) is 29.3 Å². The van der Waals surface area contributed by atoms with Gasteiger partial charge >= 0.3 is 12.1 Å². The molecule has 1 aromatic rings. The molecule has 1 N–H and O–H groups in total. The Hall–Kier alpha value is -2.57. The van der Waals surface area contributed by atoms with Crippen molar-refractivity contribution < 1.29 is 19.1 Å². The summed E-state index contributed by atoms with van der Waals surface area (Å²) >= 11 is 0. The standard InChI is InChI=1S/C14H17N3O4/c1-17-11(8-15-13(17)16-14(19)21-3)9-4-6-10(7-5-9)12(18)20-2/h4-7,11H,8H2,1-3H3,(H,15,16,19). The van der Waals surface area contributed by atoms with Crippen molar-refractivity contribution in [2.75, 3.05) is 27.8 Å². The summed E-state index contributed by atoms with van der Waals surface area (Å²) in [7, 11) is 4.48.